The summed E-state index contributed by atoms with van der Waals surface area (Å²) in [6.07, 6.45) is -3.77. The van der Waals surface area contributed by atoms with Gasteiger partial charge in [0.15, 0.2) is 0 Å². The van der Waals surface area contributed by atoms with Crippen LogP contribution in [0.25, 0.3) is 0 Å². The Hall–Kier alpha value is -0.290. The summed E-state index contributed by atoms with van der Waals surface area (Å²) in [5.74, 6) is 0.563. The molecule has 1 saturated heterocycles. The van der Waals surface area contributed by atoms with Crippen LogP contribution >= 0.6 is 0 Å². The first-order valence-corrected chi connectivity index (χ1v) is 6.65. The van der Waals surface area contributed by atoms with E-state index in [1.54, 1.807) is 0 Å². The SMILES string of the molecule is CC(C)CC1CN(CCC(F)(F)F)C(C)(C)CN1. The summed E-state index contributed by atoms with van der Waals surface area (Å²) < 4.78 is 37.0. The fraction of sp³-hybridized carbons (Fsp3) is 1.00. The molecule has 0 saturated carbocycles. The molecule has 0 bridgehead atoms. The maximum Gasteiger partial charge on any atom is 0.390 e. The van der Waals surface area contributed by atoms with Gasteiger partial charge in [-0.1, -0.05) is 13.8 Å². The van der Waals surface area contributed by atoms with Gasteiger partial charge in [-0.3, -0.25) is 4.90 Å². The molecular weight excluding hydrogens is 241 g/mol. The first-order chi connectivity index (χ1) is 8.10. The highest BCUT2D eigenvalue weighted by Crippen LogP contribution is 2.25. The molecular formula is C13H25F3N2. The minimum atomic E-state index is -4.06. The van der Waals surface area contributed by atoms with Gasteiger partial charge in [-0.25, -0.2) is 0 Å². The standard InChI is InChI=1S/C13H25F3N2/c1-10(2)7-11-8-18(6-5-13(14,15)16)12(3,4)9-17-11/h10-11,17H,5-9H2,1-4H3. The van der Waals surface area contributed by atoms with E-state index in [2.05, 4.69) is 19.2 Å². The van der Waals surface area contributed by atoms with E-state index < -0.39 is 12.6 Å². The number of halogens is 3. The van der Waals surface area contributed by atoms with Gasteiger partial charge >= 0.3 is 6.18 Å². The van der Waals surface area contributed by atoms with Crippen molar-refractivity contribution in [2.75, 3.05) is 19.6 Å². The summed E-state index contributed by atoms with van der Waals surface area (Å²) in [6, 6.07) is 0.311. The number of piperazine rings is 1. The summed E-state index contributed by atoms with van der Waals surface area (Å²) in [5.41, 5.74) is -0.196. The maximum atomic E-state index is 12.3. The molecule has 1 aliphatic heterocycles. The zero-order chi connectivity index (χ0) is 14.0. The van der Waals surface area contributed by atoms with Crippen molar-refractivity contribution in [3.8, 4) is 0 Å². The zero-order valence-electron chi connectivity index (χ0n) is 11.8. The van der Waals surface area contributed by atoms with E-state index in [9.17, 15) is 13.2 Å². The van der Waals surface area contributed by atoms with Crippen molar-refractivity contribution in [2.24, 2.45) is 5.92 Å². The molecule has 1 rings (SSSR count). The quantitative estimate of drug-likeness (QED) is 0.841. The molecule has 0 spiro atoms. The van der Waals surface area contributed by atoms with Crippen molar-refractivity contribution < 1.29 is 13.2 Å². The zero-order valence-corrected chi connectivity index (χ0v) is 11.8. The lowest BCUT2D eigenvalue weighted by atomic mass is 9.93. The predicted octanol–water partition coefficient (Wildman–Crippen LogP) is 3.04. The lowest BCUT2D eigenvalue weighted by Gasteiger charge is -2.46. The van der Waals surface area contributed by atoms with Gasteiger partial charge in [0.1, 0.15) is 0 Å². The summed E-state index contributed by atoms with van der Waals surface area (Å²) >= 11 is 0. The van der Waals surface area contributed by atoms with Gasteiger partial charge in [0.25, 0.3) is 0 Å². The topological polar surface area (TPSA) is 15.3 Å². The van der Waals surface area contributed by atoms with E-state index in [1.165, 1.54) is 0 Å². The largest absolute Gasteiger partial charge is 0.390 e. The lowest BCUT2D eigenvalue weighted by Crippen LogP contribution is -2.62. The Morgan fingerprint density at radius 3 is 2.44 bits per heavy atom. The van der Waals surface area contributed by atoms with Crippen molar-refractivity contribution in [3.63, 3.8) is 0 Å². The van der Waals surface area contributed by atoms with Crippen LogP contribution in [0.1, 0.15) is 40.5 Å². The van der Waals surface area contributed by atoms with Crippen molar-refractivity contribution >= 4 is 0 Å². The number of hydrogen-bond acceptors (Lipinski definition) is 2. The van der Waals surface area contributed by atoms with Gasteiger partial charge in [-0.05, 0) is 26.2 Å². The minimum absolute atomic E-state index is 0.104. The molecule has 1 unspecified atom stereocenters. The third-order valence-electron chi connectivity index (χ3n) is 3.54. The van der Waals surface area contributed by atoms with Crippen LogP contribution in [0.2, 0.25) is 0 Å². The summed E-state index contributed by atoms with van der Waals surface area (Å²) in [7, 11) is 0. The fourth-order valence-electron chi connectivity index (χ4n) is 2.47. The van der Waals surface area contributed by atoms with Crippen molar-refractivity contribution in [1.82, 2.24) is 10.2 Å². The highest BCUT2D eigenvalue weighted by atomic mass is 19.4. The first kappa shape index (κ1) is 15.8. The molecule has 0 radical (unpaired) electrons. The van der Waals surface area contributed by atoms with Gasteiger partial charge in [0.05, 0.1) is 6.42 Å². The predicted molar refractivity (Wildman–Crippen MR) is 67.6 cm³/mol. The molecule has 0 aliphatic carbocycles. The first-order valence-electron chi connectivity index (χ1n) is 6.65. The van der Waals surface area contributed by atoms with Crippen molar-refractivity contribution in [1.29, 1.82) is 0 Å². The number of nitrogens with zero attached hydrogens (tertiary/aromatic N) is 1. The summed E-state index contributed by atoms with van der Waals surface area (Å²) in [6.45, 7) is 9.85. The summed E-state index contributed by atoms with van der Waals surface area (Å²) in [5, 5.41) is 3.44. The monoisotopic (exact) mass is 266 g/mol. The molecule has 0 aromatic heterocycles. The molecule has 5 heteroatoms. The molecule has 1 fully saturated rings. The van der Waals surface area contributed by atoms with Crippen LogP contribution in [0.5, 0.6) is 0 Å². The number of hydrogen-bond donors (Lipinski definition) is 1. The molecule has 0 aromatic carbocycles. The fourth-order valence-corrected chi connectivity index (χ4v) is 2.47. The number of nitrogens with one attached hydrogen (secondary N) is 1. The molecule has 0 aromatic rings. The molecule has 1 N–H and O–H groups in total. The molecule has 0 amide bonds. The van der Waals surface area contributed by atoms with E-state index >= 15 is 0 Å². The van der Waals surface area contributed by atoms with Crippen LogP contribution in [-0.4, -0.2) is 42.3 Å². The van der Waals surface area contributed by atoms with E-state index in [0.29, 0.717) is 18.5 Å². The normalized spacial score (nSPS) is 25.7. The van der Waals surface area contributed by atoms with Gasteiger partial charge in [0, 0.05) is 31.2 Å². The molecule has 1 aliphatic rings. The molecule has 2 nitrogen and oxygen atoms in total. The average molecular weight is 266 g/mol. The van der Waals surface area contributed by atoms with Crippen molar-refractivity contribution in [2.45, 2.75) is 58.3 Å². The molecule has 108 valence electrons. The summed E-state index contributed by atoms with van der Waals surface area (Å²) in [4.78, 5) is 1.98. The average Bonchev–Trinajstić information content (AvgIpc) is 2.16. The lowest BCUT2D eigenvalue weighted by molar-refractivity contribution is -0.142. The third-order valence-corrected chi connectivity index (χ3v) is 3.54. The van der Waals surface area contributed by atoms with Crippen LogP contribution in [-0.2, 0) is 0 Å². The van der Waals surface area contributed by atoms with Crippen LogP contribution in [0.15, 0.2) is 0 Å². The van der Waals surface area contributed by atoms with E-state index in [-0.39, 0.29) is 12.1 Å². The minimum Gasteiger partial charge on any atom is -0.311 e. The Morgan fingerprint density at radius 1 is 1.33 bits per heavy atom. The Balaban J connectivity index is 2.54. The second-order valence-corrected chi connectivity index (χ2v) is 6.33. The van der Waals surface area contributed by atoms with Crippen LogP contribution in [0.3, 0.4) is 0 Å². The number of alkyl halides is 3. The van der Waals surface area contributed by atoms with Gasteiger partial charge in [-0.2, -0.15) is 13.2 Å². The van der Waals surface area contributed by atoms with Gasteiger partial charge in [-0.15, -0.1) is 0 Å². The Bertz CT molecular complexity index is 261. The second kappa shape index (κ2) is 5.78. The Kier molecular flexibility index (Phi) is 5.06. The van der Waals surface area contributed by atoms with Crippen LogP contribution in [0.4, 0.5) is 13.2 Å². The molecule has 1 atom stereocenters. The highest BCUT2D eigenvalue weighted by Gasteiger charge is 2.36. The smallest absolute Gasteiger partial charge is 0.311 e. The molecule has 1 heterocycles. The Labute approximate surface area is 108 Å². The number of rotatable bonds is 4. The highest BCUT2D eigenvalue weighted by molar-refractivity contribution is 4.93. The van der Waals surface area contributed by atoms with E-state index in [4.69, 9.17) is 0 Å². The van der Waals surface area contributed by atoms with Crippen molar-refractivity contribution in [3.05, 3.63) is 0 Å². The van der Waals surface area contributed by atoms with Crippen LogP contribution < -0.4 is 5.32 Å². The third kappa shape index (κ3) is 5.14. The Morgan fingerprint density at radius 2 is 1.94 bits per heavy atom. The molecule has 18 heavy (non-hydrogen) atoms. The van der Waals surface area contributed by atoms with Gasteiger partial charge in [0.2, 0.25) is 0 Å². The maximum absolute atomic E-state index is 12.3. The van der Waals surface area contributed by atoms with E-state index in [0.717, 1.165) is 13.0 Å². The van der Waals surface area contributed by atoms with E-state index in [1.807, 2.05) is 18.7 Å². The van der Waals surface area contributed by atoms with Crippen LogP contribution in [0, 0.1) is 5.92 Å². The second-order valence-electron chi connectivity index (χ2n) is 6.33. The van der Waals surface area contributed by atoms with Gasteiger partial charge < -0.3 is 5.32 Å².